The molecular formula is C18H16F3N5S2. The second-order valence-corrected chi connectivity index (χ2v) is 7.67. The van der Waals surface area contributed by atoms with Crippen molar-refractivity contribution in [1.82, 2.24) is 14.7 Å². The molecule has 0 aliphatic rings. The lowest BCUT2D eigenvalue weighted by Gasteiger charge is -2.10. The van der Waals surface area contributed by atoms with Gasteiger partial charge in [0.25, 0.3) is 0 Å². The van der Waals surface area contributed by atoms with Crippen LogP contribution in [0.1, 0.15) is 0 Å². The van der Waals surface area contributed by atoms with Gasteiger partial charge in [-0.25, -0.2) is 9.97 Å². The summed E-state index contributed by atoms with van der Waals surface area (Å²) in [6, 6.07) is 15.5. The second kappa shape index (κ2) is 9.18. The van der Waals surface area contributed by atoms with Gasteiger partial charge in [-0.1, -0.05) is 6.07 Å². The van der Waals surface area contributed by atoms with Gasteiger partial charge < -0.3 is 10.6 Å². The van der Waals surface area contributed by atoms with Gasteiger partial charge in [0.15, 0.2) is 0 Å². The molecule has 3 N–H and O–H groups in total. The number of benzene rings is 2. The predicted octanol–water partition coefficient (Wildman–Crippen LogP) is 5.80. The predicted molar refractivity (Wildman–Crippen MR) is 108 cm³/mol. The summed E-state index contributed by atoms with van der Waals surface area (Å²) in [7, 11) is 1.85. The van der Waals surface area contributed by atoms with Crippen LogP contribution in [0.3, 0.4) is 0 Å². The smallest absolute Gasteiger partial charge is 0.340 e. The molecule has 0 bridgehead atoms. The summed E-state index contributed by atoms with van der Waals surface area (Å²) in [4.78, 5) is 9.52. The fourth-order valence-electron chi connectivity index (χ4n) is 2.28. The van der Waals surface area contributed by atoms with Crippen LogP contribution in [0.15, 0.2) is 70.7 Å². The zero-order valence-corrected chi connectivity index (χ0v) is 16.3. The van der Waals surface area contributed by atoms with Crippen molar-refractivity contribution in [1.29, 1.82) is 0 Å². The van der Waals surface area contributed by atoms with Gasteiger partial charge in [0, 0.05) is 27.2 Å². The number of aromatic nitrogens is 2. The van der Waals surface area contributed by atoms with E-state index in [-0.39, 0.29) is 16.7 Å². The van der Waals surface area contributed by atoms with Gasteiger partial charge >= 0.3 is 5.51 Å². The summed E-state index contributed by atoms with van der Waals surface area (Å²) < 4.78 is 40.2. The first-order chi connectivity index (χ1) is 13.4. The fourth-order valence-corrected chi connectivity index (χ4v) is 3.39. The Morgan fingerprint density at radius 1 is 0.821 bits per heavy atom. The summed E-state index contributed by atoms with van der Waals surface area (Å²) in [6.45, 7) is 0. The number of nitrogens with zero attached hydrogens (tertiary/aromatic N) is 2. The van der Waals surface area contributed by atoms with Crippen molar-refractivity contribution in [3.8, 4) is 0 Å². The first-order valence-corrected chi connectivity index (χ1v) is 9.70. The van der Waals surface area contributed by atoms with Gasteiger partial charge in [0.1, 0.15) is 18.0 Å². The Balaban J connectivity index is 1.67. The van der Waals surface area contributed by atoms with Gasteiger partial charge in [-0.2, -0.15) is 13.2 Å². The Labute approximate surface area is 168 Å². The zero-order valence-electron chi connectivity index (χ0n) is 14.6. The molecule has 5 nitrogen and oxygen atoms in total. The highest BCUT2D eigenvalue weighted by molar-refractivity contribution is 8.00. The minimum Gasteiger partial charge on any atom is -0.340 e. The molecule has 0 saturated carbocycles. The van der Waals surface area contributed by atoms with Crippen molar-refractivity contribution in [2.24, 2.45) is 0 Å². The minimum absolute atomic E-state index is 0.127. The molecule has 2 aromatic carbocycles. The molecule has 0 atom stereocenters. The molecule has 1 aromatic heterocycles. The Kier molecular flexibility index (Phi) is 6.65. The SMILES string of the molecule is CNSc1cccc(Nc2cc(Nc3ccc(SC(F)(F)F)cc3)ncn2)c1. The first-order valence-electron chi connectivity index (χ1n) is 8.07. The number of hydrogen-bond donors (Lipinski definition) is 3. The highest BCUT2D eigenvalue weighted by Gasteiger charge is 2.28. The molecule has 0 radical (unpaired) electrons. The van der Waals surface area contributed by atoms with Crippen molar-refractivity contribution >= 4 is 46.7 Å². The Bertz CT molecular complexity index is 920. The molecule has 0 unspecified atom stereocenters. The molecule has 0 fully saturated rings. The molecule has 3 rings (SSSR count). The Hall–Kier alpha value is -2.43. The standard InChI is InChI=1S/C18H16F3N5S2/c1-22-28-15-4-2-3-13(9-15)26-17-10-16(23-11-24-17)25-12-5-7-14(8-6-12)27-18(19,20)21/h2-11,22H,1H3,(H2,23,24,25,26). The van der Waals surface area contributed by atoms with Crippen LogP contribution in [0.5, 0.6) is 0 Å². The minimum atomic E-state index is -4.30. The van der Waals surface area contributed by atoms with Crippen LogP contribution in [0, 0.1) is 0 Å². The number of anilines is 4. The maximum Gasteiger partial charge on any atom is 0.446 e. The number of rotatable bonds is 7. The van der Waals surface area contributed by atoms with Gasteiger partial charge in [-0.05, 0) is 73.2 Å². The highest BCUT2D eigenvalue weighted by Crippen LogP contribution is 2.37. The van der Waals surface area contributed by atoms with E-state index in [1.165, 1.54) is 30.4 Å². The van der Waals surface area contributed by atoms with E-state index in [0.29, 0.717) is 17.3 Å². The highest BCUT2D eigenvalue weighted by atomic mass is 32.2. The van der Waals surface area contributed by atoms with E-state index in [1.54, 1.807) is 18.2 Å². The van der Waals surface area contributed by atoms with Crippen LogP contribution >= 0.6 is 23.7 Å². The molecule has 0 saturated heterocycles. The summed E-state index contributed by atoms with van der Waals surface area (Å²) in [5.41, 5.74) is -2.80. The van der Waals surface area contributed by atoms with Gasteiger partial charge in [-0.3, -0.25) is 4.72 Å². The average molecular weight is 423 g/mol. The molecule has 1 heterocycles. The topological polar surface area (TPSA) is 61.9 Å². The molecule has 0 spiro atoms. The third kappa shape index (κ3) is 6.32. The van der Waals surface area contributed by atoms with Crippen molar-refractivity contribution < 1.29 is 13.2 Å². The Morgan fingerprint density at radius 2 is 1.50 bits per heavy atom. The van der Waals surface area contributed by atoms with Crippen LogP contribution in [0.25, 0.3) is 0 Å². The first kappa shape index (κ1) is 20.3. The van der Waals surface area contributed by atoms with Crippen LogP contribution in [-0.2, 0) is 0 Å². The summed E-state index contributed by atoms with van der Waals surface area (Å²) in [6.07, 6.45) is 1.41. The lowest BCUT2D eigenvalue weighted by Crippen LogP contribution is -2.00. The van der Waals surface area contributed by atoms with Gasteiger partial charge in [0.2, 0.25) is 0 Å². The Morgan fingerprint density at radius 3 is 2.14 bits per heavy atom. The van der Waals surface area contributed by atoms with Crippen LogP contribution in [-0.4, -0.2) is 22.5 Å². The van der Waals surface area contributed by atoms with Crippen molar-refractivity contribution in [3.63, 3.8) is 0 Å². The quantitative estimate of drug-likeness (QED) is 0.328. The van der Waals surface area contributed by atoms with E-state index in [9.17, 15) is 13.2 Å². The maximum absolute atomic E-state index is 12.4. The molecule has 146 valence electrons. The largest absolute Gasteiger partial charge is 0.446 e. The fraction of sp³-hybridized carbons (Fsp3) is 0.111. The molecule has 10 heteroatoms. The van der Waals surface area contributed by atoms with E-state index < -0.39 is 5.51 Å². The molecular weight excluding hydrogens is 407 g/mol. The lowest BCUT2D eigenvalue weighted by molar-refractivity contribution is -0.0328. The van der Waals surface area contributed by atoms with E-state index in [0.717, 1.165) is 10.6 Å². The lowest BCUT2D eigenvalue weighted by atomic mass is 10.3. The average Bonchev–Trinajstić information content (AvgIpc) is 2.63. The third-order valence-corrected chi connectivity index (χ3v) is 4.79. The molecule has 0 aliphatic carbocycles. The number of nitrogens with one attached hydrogen (secondary N) is 3. The van der Waals surface area contributed by atoms with E-state index in [2.05, 4.69) is 25.3 Å². The number of thioether (sulfide) groups is 1. The molecule has 28 heavy (non-hydrogen) atoms. The van der Waals surface area contributed by atoms with Gasteiger partial charge in [0.05, 0.1) is 0 Å². The summed E-state index contributed by atoms with van der Waals surface area (Å²) >= 11 is 1.36. The van der Waals surface area contributed by atoms with Crippen LogP contribution < -0.4 is 15.4 Å². The molecule has 0 amide bonds. The van der Waals surface area contributed by atoms with E-state index in [1.807, 2.05) is 31.3 Å². The number of hydrogen-bond acceptors (Lipinski definition) is 7. The maximum atomic E-state index is 12.4. The van der Waals surface area contributed by atoms with E-state index >= 15 is 0 Å². The van der Waals surface area contributed by atoms with Crippen molar-refractivity contribution in [3.05, 3.63) is 60.9 Å². The number of halogens is 3. The molecule has 0 aliphatic heterocycles. The third-order valence-electron chi connectivity index (χ3n) is 3.35. The number of alkyl halides is 3. The van der Waals surface area contributed by atoms with Crippen molar-refractivity contribution in [2.75, 3.05) is 17.7 Å². The van der Waals surface area contributed by atoms with Gasteiger partial charge in [-0.15, -0.1) is 0 Å². The van der Waals surface area contributed by atoms with Crippen LogP contribution in [0.4, 0.5) is 36.2 Å². The monoisotopic (exact) mass is 423 g/mol. The summed E-state index contributed by atoms with van der Waals surface area (Å²) in [5.74, 6) is 1.11. The summed E-state index contributed by atoms with van der Waals surface area (Å²) in [5, 5.41) is 6.26. The molecule has 3 aromatic rings. The normalized spacial score (nSPS) is 11.3. The zero-order chi connectivity index (χ0) is 20.0. The second-order valence-electron chi connectivity index (χ2n) is 5.44. The van der Waals surface area contributed by atoms with E-state index in [4.69, 9.17) is 0 Å². The van der Waals surface area contributed by atoms with Crippen molar-refractivity contribution in [2.45, 2.75) is 15.3 Å². The van der Waals surface area contributed by atoms with Crippen LogP contribution in [0.2, 0.25) is 0 Å².